The predicted molar refractivity (Wildman–Crippen MR) is 81.2 cm³/mol. The summed E-state index contributed by atoms with van der Waals surface area (Å²) >= 11 is 0. The summed E-state index contributed by atoms with van der Waals surface area (Å²) in [5.74, 6) is 0.876. The zero-order valence-corrected chi connectivity index (χ0v) is 12.7. The van der Waals surface area contributed by atoms with Crippen molar-refractivity contribution in [2.24, 2.45) is 0 Å². The van der Waals surface area contributed by atoms with E-state index in [1.165, 1.54) is 0 Å². The van der Waals surface area contributed by atoms with Crippen molar-refractivity contribution in [3.63, 3.8) is 0 Å². The minimum atomic E-state index is -0.338. The Morgan fingerprint density at radius 2 is 2.33 bits per heavy atom. The zero-order chi connectivity index (χ0) is 15.2. The molecule has 116 valence electrons. The minimum absolute atomic E-state index is 0.0586. The highest BCUT2D eigenvalue weighted by Gasteiger charge is 2.32. The van der Waals surface area contributed by atoms with Crippen LogP contribution < -0.4 is 10.1 Å². The Hall–Kier alpha value is -1.59. The van der Waals surface area contributed by atoms with Gasteiger partial charge in [0.2, 0.25) is 5.91 Å². The number of nitrogens with zero attached hydrogens (tertiary/aromatic N) is 1. The molecule has 0 radical (unpaired) electrons. The monoisotopic (exact) mass is 292 g/mol. The van der Waals surface area contributed by atoms with Crippen LogP contribution in [-0.4, -0.2) is 48.8 Å². The van der Waals surface area contributed by atoms with E-state index >= 15 is 0 Å². The van der Waals surface area contributed by atoms with E-state index in [0.717, 1.165) is 11.3 Å². The summed E-state index contributed by atoms with van der Waals surface area (Å²) < 4.78 is 5.26. The van der Waals surface area contributed by atoms with Crippen LogP contribution in [0.5, 0.6) is 5.75 Å². The number of hydrogen-bond donors (Lipinski definition) is 2. The highest BCUT2D eigenvalue weighted by molar-refractivity contribution is 5.75. The van der Waals surface area contributed by atoms with Crippen LogP contribution in [0.4, 0.5) is 0 Å². The van der Waals surface area contributed by atoms with Crippen molar-refractivity contribution in [2.45, 2.75) is 31.9 Å². The standard InChI is InChI=1S/C16H24N2O3/c1-3-17-16(20)7-8-18-11-13(19)10-15(18)12-5-4-6-14(9-12)21-2/h4-6,9,13,15,19H,3,7-8,10-11H2,1-2H3,(H,17,20)/t13-,15+/m0/s1. The van der Waals surface area contributed by atoms with Crippen LogP contribution in [0.15, 0.2) is 24.3 Å². The van der Waals surface area contributed by atoms with Crippen LogP contribution in [0, 0.1) is 0 Å². The maximum absolute atomic E-state index is 11.6. The van der Waals surface area contributed by atoms with Crippen LogP contribution >= 0.6 is 0 Å². The Morgan fingerprint density at radius 1 is 1.52 bits per heavy atom. The number of rotatable bonds is 6. The van der Waals surface area contributed by atoms with Crippen molar-refractivity contribution in [3.05, 3.63) is 29.8 Å². The summed E-state index contributed by atoms with van der Waals surface area (Å²) in [4.78, 5) is 13.8. The first kappa shape index (κ1) is 15.8. The molecule has 2 rings (SSSR count). The lowest BCUT2D eigenvalue weighted by Crippen LogP contribution is -2.31. The first-order valence-electron chi connectivity index (χ1n) is 7.46. The van der Waals surface area contributed by atoms with Gasteiger partial charge in [-0.1, -0.05) is 12.1 Å². The summed E-state index contributed by atoms with van der Waals surface area (Å²) in [5, 5.41) is 12.8. The Labute approximate surface area is 125 Å². The maximum Gasteiger partial charge on any atom is 0.221 e. The predicted octanol–water partition coefficient (Wildman–Crippen LogP) is 1.33. The van der Waals surface area contributed by atoms with Crippen LogP contribution in [0.2, 0.25) is 0 Å². The van der Waals surface area contributed by atoms with E-state index in [-0.39, 0.29) is 18.1 Å². The Balaban J connectivity index is 2.03. The fourth-order valence-electron chi connectivity index (χ4n) is 2.85. The third-order valence-electron chi connectivity index (χ3n) is 3.86. The van der Waals surface area contributed by atoms with E-state index in [1.54, 1.807) is 7.11 Å². The first-order valence-corrected chi connectivity index (χ1v) is 7.46. The molecule has 0 bridgehead atoms. The van der Waals surface area contributed by atoms with Crippen LogP contribution in [-0.2, 0) is 4.79 Å². The normalized spacial score (nSPS) is 22.2. The Morgan fingerprint density at radius 3 is 3.05 bits per heavy atom. The van der Waals surface area contributed by atoms with Crippen LogP contribution in [0.25, 0.3) is 0 Å². The van der Waals surface area contributed by atoms with E-state index < -0.39 is 0 Å². The third kappa shape index (κ3) is 4.19. The quantitative estimate of drug-likeness (QED) is 0.830. The molecular weight excluding hydrogens is 268 g/mol. The van der Waals surface area contributed by atoms with Crippen molar-refractivity contribution >= 4 is 5.91 Å². The van der Waals surface area contributed by atoms with Crippen LogP contribution in [0.1, 0.15) is 31.4 Å². The average Bonchev–Trinajstić information content (AvgIpc) is 2.86. The van der Waals surface area contributed by atoms with Crippen LogP contribution in [0.3, 0.4) is 0 Å². The number of carbonyl (C=O) groups excluding carboxylic acids is 1. The molecule has 1 aromatic carbocycles. The molecule has 1 aromatic rings. The van der Waals surface area contributed by atoms with Gasteiger partial charge in [-0.2, -0.15) is 0 Å². The number of carbonyl (C=O) groups is 1. The summed E-state index contributed by atoms with van der Waals surface area (Å²) in [6.45, 7) is 3.84. The van der Waals surface area contributed by atoms with Gasteiger partial charge in [-0.3, -0.25) is 9.69 Å². The molecule has 1 heterocycles. The second-order valence-electron chi connectivity index (χ2n) is 5.38. The summed E-state index contributed by atoms with van der Waals surface area (Å²) in [5.41, 5.74) is 1.13. The average molecular weight is 292 g/mol. The number of hydrogen-bond acceptors (Lipinski definition) is 4. The summed E-state index contributed by atoms with van der Waals surface area (Å²) in [6, 6.07) is 8.06. The van der Waals surface area contributed by atoms with Gasteiger partial charge in [0.1, 0.15) is 5.75 Å². The molecule has 1 fully saturated rings. The molecule has 0 aliphatic carbocycles. The lowest BCUT2D eigenvalue weighted by molar-refractivity contribution is -0.121. The van der Waals surface area contributed by atoms with Crippen molar-refractivity contribution < 1.29 is 14.6 Å². The highest BCUT2D eigenvalue weighted by Crippen LogP contribution is 2.33. The fourth-order valence-corrected chi connectivity index (χ4v) is 2.85. The second-order valence-corrected chi connectivity index (χ2v) is 5.38. The lowest BCUT2D eigenvalue weighted by Gasteiger charge is -2.24. The number of aliphatic hydroxyl groups excluding tert-OH is 1. The third-order valence-corrected chi connectivity index (χ3v) is 3.86. The number of nitrogens with one attached hydrogen (secondary N) is 1. The lowest BCUT2D eigenvalue weighted by atomic mass is 10.0. The van der Waals surface area contributed by atoms with Gasteiger partial charge < -0.3 is 15.2 Å². The second kappa shape index (κ2) is 7.43. The highest BCUT2D eigenvalue weighted by atomic mass is 16.5. The molecule has 5 heteroatoms. The minimum Gasteiger partial charge on any atom is -0.497 e. The molecule has 2 N–H and O–H groups in total. The molecule has 0 unspecified atom stereocenters. The molecular formula is C16H24N2O3. The van der Waals surface area contributed by atoms with Gasteiger partial charge in [-0.05, 0) is 31.0 Å². The number of amides is 1. The van der Waals surface area contributed by atoms with E-state index in [4.69, 9.17) is 4.74 Å². The number of β-amino-alcohol motifs (C(OH)–C–C–N with tert-alkyl or cyclic N) is 1. The van der Waals surface area contributed by atoms with E-state index in [2.05, 4.69) is 10.2 Å². The van der Waals surface area contributed by atoms with Gasteiger partial charge in [0.15, 0.2) is 0 Å². The van der Waals surface area contributed by atoms with Gasteiger partial charge in [0, 0.05) is 32.1 Å². The largest absolute Gasteiger partial charge is 0.497 e. The number of benzene rings is 1. The topological polar surface area (TPSA) is 61.8 Å². The molecule has 1 amide bonds. The Kier molecular flexibility index (Phi) is 5.59. The number of methoxy groups -OCH3 is 1. The first-order chi connectivity index (χ1) is 10.1. The SMILES string of the molecule is CCNC(=O)CCN1C[C@@H](O)C[C@@H]1c1cccc(OC)c1. The van der Waals surface area contributed by atoms with E-state index in [1.807, 2.05) is 31.2 Å². The smallest absolute Gasteiger partial charge is 0.221 e. The summed E-state index contributed by atoms with van der Waals surface area (Å²) in [7, 11) is 1.65. The Bertz CT molecular complexity index is 478. The van der Waals surface area contributed by atoms with E-state index in [9.17, 15) is 9.90 Å². The molecule has 1 aliphatic heterocycles. The van der Waals surface area contributed by atoms with Gasteiger partial charge in [0.05, 0.1) is 13.2 Å². The number of aliphatic hydroxyl groups is 1. The van der Waals surface area contributed by atoms with Gasteiger partial charge >= 0.3 is 0 Å². The molecule has 2 atom stereocenters. The van der Waals surface area contributed by atoms with Crippen molar-refractivity contribution in [1.82, 2.24) is 10.2 Å². The zero-order valence-electron chi connectivity index (χ0n) is 12.7. The fraction of sp³-hybridized carbons (Fsp3) is 0.562. The molecule has 5 nitrogen and oxygen atoms in total. The van der Waals surface area contributed by atoms with Gasteiger partial charge in [-0.25, -0.2) is 0 Å². The molecule has 0 spiro atoms. The number of ether oxygens (including phenoxy) is 1. The van der Waals surface area contributed by atoms with Gasteiger partial charge in [0.25, 0.3) is 0 Å². The molecule has 0 aromatic heterocycles. The van der Waals surface area contributed by atoms with Crippen molar-refractivity contribution in [1.29, 1.82) is 0 Å². The maximum atomic E-state index is 11.6. The number of likely N-dealkylation sites (tertiary alicyclic amines) is 1. The molecule has 21 heavy (non-hydrogen) atoms. The molecule has 1 aliphatic rings. The van der Waals surface area contributed by atoms with Gasteiger partial charge in [-0.15, -0.1) is 0 Å². The van der Waals surface area contributed by atoms with Crippen molar-refractivity contribution in [2.75, 3.05) is 26.7 Å². The van der Waals surface area contributed by atoms with E-state index in [0.29, 0.717) is 32.5 Å². The molecule has 0 saturated carbocycles. The summed E-state index contributed by atoms with van der Waals surface area (Å²) in [6.07, 6.45) is 0.819. The van der Waals surface area contributed by atoms with Crippen molar-refractivity contribution in [3.8, 4) is 5.75 Å². The molecule has 1 saturated heterocycles.